The third kappa shape index (κ3) is 2.69. The van der Waals surface area contributed by atoms with E-state index in [-0.39, 0.29) is 5.91 Å². The molecule has 0 bridgehead atoms. The van der Waals surface area contributed by atoms with Crippen LogP contribution >= 0.6 is 0 Å². The minimum atomic E-state index is -1.19. The molecule has 2 amide bonds. The van der Waals surface area contributed by atoms with Crippen LogP contribution in [0.3, 0.4) is 0 Å². The Hall–Kier alpha value is -3.45. The molecule has 0 radical (unpaired) electrons. The number of nitrogens with zero attached hydrogens (tertiary/aromatic N) is 1. The Balaban J connectivity index is 1.72. The van der Waals surface area contributed by atoms with E-state index in [0.29, 0.717) is 24.3 Å². The molecule has 1 fully saturated rings. The van der Waals surface area contributed by atoms with Gasteiger partial charge in [-0.2, -0.15) is 0 Å². The van der Waals surface area contributed by atoms with Gasteiger partial charge in [0.2, 0.25) is 5.91 Å². The first-order valence-electron chi connectivity index (χ1n) is 8.51. The van der Waals surface area contributed by atoms with E-state index in [9.17, 15) is 14.4 Å². The number of amides is 2. The first-order valence-corrected chi connectivity index (χ1v) is 8.51. The number of hydrogen-bond acceptors (Lipinski definition) is 4. The lowest BCUT2D eigenvalue weighted by atomic mass is 9.91. The average molecular weight is 363 g/mol. The molecular weight excluding hydrogens is 346 g/mol. The molecule has 1 saturated heterocycles. The van der Waals surface area contributed by atoms with E-state index in [1.807, 2.05) is 35.2 Å². The monoisotopic (exact) mass is 363 g/mol. The third-order valence-corrected chi connectivity index (χ3v) is 4.84. The summed E-state index contributed by atoms with van der Waals surface area (Å²) in [7, 11) is 0. The average Bonchev–Trinajstić information content (AvgIpc) is 3.20. The summed E-state index contributed by atoms with van der Waals surface area (Å²) < 4.78 is 0. The fraction of sp³-hybridized carbons (Fsp3) is 0.150. The smallest absolute Gasteiger partial charge is 0.328 e. The lowest BCUT2D eigenvalue weighted by molar-refractivity contribution is -0.131. The molecule has 2 aromatic carbocycles. The Morgan fingerprint density at radius 3 is 2.78 bits per heavy atom. The van der Waals surface area contributed by atoms with Crippen molar-refractivity contribution in [2.45, 2.75) is 5.66 Å². The summed E-state index contributed by atoms with van der Waals surface area (Å²) in [6.07, 6.45) is 1.74. The van der Waals surface area contributed by atoms with Crippen molar-refractivity contribution in [1.29, 1.82) is 0 Å². The zero-order chi connectivity index (χ0) is 19.0. The molecule has 2 aliphatic heterocycles. The second kappa shape index (κ2) is 6.37. The maximum absolute atomic E-state index is 12.8. The topological polar surface area (TPSA) is 98.7 Å². The molecule has 136 valence electrons. The molecule has 2 aliphatic rings. The predicted octanol–water partition coefficient (Wildman–Crippen LogP) is 1.53. The number of carbonyl (C=O) groups excluding carboxylic acids is 2. The molecule has 1 unspecified atom stereocenters. The van der Waals surface area contributed by atoms with Crippen LogP contribution in [0.4, 0.5) is 5.69 Å². The first-order chi connectivity index (χ1) is 13.0. The van der Waals surface area contributed by atoms with E-state index in [4.69, 9.17) is 5.11 Å². The van der Waals surface area contributed by atoms with Crippen LogP contribution in [0.25, 0.3) is 0 Å². The van der Waals surface area contributed by atoms with Crippen LogP contribution in [-0.2, 0) is 15.3 Å². The van der Waals surface area contributed by atoms with Crippen LogP contribution in [0, 0.1) is 0 Å². The number of carboxylic acid groups (broad SMARTS) is 1. The van der Waals surface area contributed by atoms with Gasteiger partial charge in [-0.3, -0.25) is 14.9 Å². The van der Waals surface area contributed by atoms with Gasteiger partial charge in [0.1, 0.15) is 5.66 Å². The van der Waals surface area contributed by atoms with Gasteiger partial charge in [-0.1, -0.05) is 30.3 Å². The highest BCUT2D eigenvalue weighted by molar-refractivity contribution is 6.03. The van der Waals surface area contributed by atoms with Crippen molar-refractivity contribution in [2.24, 2.45) is 0 Å². The zero-order valence-electron chi connectivity index (χ0n) is 14.3. The summed E-state index contributed by atoms with van der Waals surface area (Å²) in [6, 6.07) is 14.7. The molecule has 2 aromatic rings. The second-order valence-electron chi connectivity index (χ2n) is 6.38. The molecule has 0 spiro atoms. The SMILES string of the molecule is O=C(O)C=CC(=O)Nc1cccc(C23NCCN2C(=O)c2ccccc23)c1. The van der Waals surface area contributed by atoms with E-state index in [1.54, 1.807) is 18.2 Å². The van der Waals surface area contributed by atoms with Gasteiger partial charge in [-0.05, 0) is 23.8 Å². The normalized spacial score (nSPS) is 20.6. The van der Waals surface area contributed by atoms with Crippen molar-refractivity contribution in [1.82, 2.24) is 10.2 Å². The van der Waals surface area contributed by atoms with Crippen LogP contribution in [0.15, 0.2) is 60.7 Å². The van der Waals surface area contributed by atoms with Gasteiger partial charge in [0.25, 0.3) is 5.91 Å². The molecule has 1 atom stereocenters. The maximum atomic E-state index is 12.8. The largest absolute Gasteiger partial charge is 0.478 e. The molecular formula is C20H17N3O4. The van der Waals surface area contributed by atoms with Gasteiger partial charge in [0.05, 0.1) is 0 Å². The fourth-order valence-electron chi connectivity index (χ4n) is 3.80. The molecule has 4 rings (SSSR count). The number of hydrogen-bond donors (Lipinski definition) is 3. The molecule has 2 heterocycles. The van der Waals surface area contributed by atoms with E-state index in [1.165, 1.54) is 0 Å². The van der Waals surface area contributed by atoms with Crippen LogP contribution in [0.1, 0.15) is 21.5 Å². The highest BCUT2D eigenvalue weighted by Gasteiger charge is 2.53. The zero-order valence-corrected chi connectivity index (χ0v) is 14.3. The molecule has 3 N–H and O–H groups in total. The summed E-state index contributed by atoms with van der Waals surface area (Å²) in [4.78, 5) is 37.1. The molecule has 0 saturated carbocycles. The van der Waals surface area contributed by atoms with Crippen molar-refractivity contribution in [3.05, 3.63) is 77.4 Å². The van der Waals surface area contributed by atoms with Gasteiger partial charge in [0, 0.05) is 42.1 Å². The summed E-state index contributed by atoms with van der Waals surface area (Å²) in [5, 5.41) is 14.7. The lowest BCUT2D eigenvalue weighted by Gasteiger charge is -2.33. The number of benzene rings is 2. The number of carbonyl (C=O) groups is 3. The Bertz CT molecular complexity index is 985. The molecule has 7 nitrogen and oxygen atoms in total. The molecule has 7 heteroatoms. The van der Waals surface area contributed by atoms with Gasteiger partial charge in [-0.25, -0.2) is 4.79 Å². The lowest BCUT2D eigenvalue weighted by Crippen LogP contribution is -2.46. The second-order valence-corrected chi connectivity index (χ2v) is 6.38. The van der Waals surface area contributed by atoms with Crippen molar-refractivity contribution < 1.29 is 19.5 Å². The van der Waals surface area contributed by atoms with Crippen LogP contribution in [0.5, 0.6) is 0 Å². The number of fused-ring (bicyclic) bond motifs is 3. The minimum Gasteiger partial charge on any atom is -0.478 e. The summed E-state index contributed by atoms with van der Waals surface area (Å²) in [6.45, 7) is 1.25. The quantitative estimate of drug-likeness (QED) is 0.716. The molecule has 0 aliphatic carbocycles. The van der Waals surface area contributed by atoms with E-state index in [2.05, 4.69) is 10.6 Å². The highest BCUT2D eigenvalue weighted by atomic mass is 16.4. The summed E-state index contributed by atoms with van der Waals surface area (Å²) in [5.41, 5.74) is 2.15. The van der Waals surface area contributed by atoms with Gasteiger partial charge in [-0.15, -0.1) is 0 Å². The summed E-state index contributed by atoms with van der Waals surface area (Å²) >= 11 is 0. The minimum absolute atomic E-state index is 0.0190. The predicted molar refractivity (Wildman–Crippen MR) is 98.1 cm³/mol. The molecule has 27 heavy (non-hydrogen) atoms. The number of rotatable bonds is 4. The van der Waals surface area contributed by atoms with Crippen LogP contribution < -0.4 is 10.6 Å². The highest BCUT2D eigenvalue weighted by Crippen LogP contribution is 2.44. The van der Waals surface area contributed by atoms with E-state index < -0.39 is 17.5 Å². The van der Waals surface area contributed by atoms with E-state index in [0.717, 1.165) is 23.3 Å². The Morgan fingerprint density at radius 1 is 1.15 bits per heavy atom. The Labute approximate surface area is 155 Å². The number of nitrogens with one attached hydrogen (secondary N) is 2. The van der Waals surface area contributed by atoms with Gasteiger partial charge < -0.3 is 15.3 Å². The van der Waals surface area contributed by atoms with Crippen molar-refractivity contribution >= 4 is 23.5 Å². The first kappa shape index (κ1) is 17.0. The van der Waals surface area contributed by atoms with Crippen LogP contribution in [0.2, 0.25) is 0 Å². The third-order valence-electron chi connectivity index (χ3n) is 4.84. The van der Waals surface area contributed by atoms with Gasteiger partial charge in [0.15, 0.2) is 0 Å². The Kier molecular flexibility index (Phi) is 4.01. The van der Waals surface area contributed by atoms with Crippen molar-refractivity contribution in [2.75, 3.05) is 18.4 Å². The van der Waals surface area contributed by atoms with Gasteiger partial charge >= 0.3 is 5.97 Å². The number of aliphatic carboxylic acids is 1. The van der Waals surface area contributed by atoms with Crippen LogP contribution in [-0.4, -0.2) is 40.9 Å². The fourth-order valence-corrected chi connectivity index (χ4v) is 3.80. The standard InChI is InChI=1S/C20H17N3O4/c24-17(8-9-18(25)26)22-14-5-3-4-13(12-14)20-16-7-2-1-6-15(16)19(27)23(20)11-10-21-20/h1-9,12,21H,10-11H2,(H,22,24)(H,25,26). The number of anilines is 1. The van der Waals surface area contributed by atoms with E-state index >= 15 is 0 Å². The van der Waals surface area contributed by atoms with Crippen molar-refractivity contribution in [3.63, 3.8) is 0 Å². The summed E-state index contributed by atoms with van der Waals surface area (Å²) in [5.74, 6) is -1.75. The number of carboxylic acids is 1. The molecule has 0 aromatic heterocycles. The van der Waals surface area contributed by atoms with Crippen molar-refractivity contribution in [3.8, 4) is 0 Å². The Morgan fingerprint density at radius 2 is 1.96 bits per heavy atom. The maximum Gasteiger partial charge on any atom is 0.328 e.